The van der Waals surface area contributed by atoms with Gasteiger partial charge >= 0.3 is 0 Å². The van der Waals surface area contributed by atoms with Gasteiger partial charge in [0.15, 0.2) is 0 Å². The van der Waals surface area contributed by atoms with Crippen molar-refractivity contribution in [3.8, 4) is 5.88 Å². The van der Waals surface area contributed by atoms with Crippen LogP contribution in [0, 0.1) is 0 Å². The van der Waals surface area contributed by atoms with Gasteiger partial charge in [-0.3, -0.25) is 0 Å². The number of hydrogen-bond donors (Lipinski definition) is 1. The second kappa shape index (κ2) is 6.23. The van der Waals surface area contributed by atoms with E-state index in [9.17, 15) is 0 Å². The van der Waals surface area contributed by atoms with Gasteiger partial charge in [-0.2, -0.15) is 4.98 Å². The fourth-order valence-corrected chi connectivity index (χ4v) is 1.90. The molecule has 1 aromatic rings. The predicted octanol–water partition coefficient (Wildman–Crippen LogP) is 2.20. The van der Waals surface area contributed by atoms with Gasteiger partial charge in [0.1, 0.15) is 6.10 Å². The van der Waals surface area contributed by atoms with Gasteiger partial charge in [-0.15, -0.1) is 12.4 Å². The van der Waals surface area contributed by atoms with Crippen LogP contribution in [0.25, 0.3) is 0 Å². The molecule has 1 aliphatic carbocycles. The molecule has 16 heavy (non-hydrogen) atoms. The Bertz CT molecular complexity index is 330. The number of halogens is 2. The normalized spacial score (nSPS) is 24.6. The highest BCUT2D eigenvalue weighted by Crippen LogP contribution is 2.21. The molecule has 0 aliphatic heterocycles. The van der Waals surface area contributed by atoms with E-state index in [4.69, 9.17) is 22.1 Å². The van der Waals surface area contributed by atoms with Crippen LogP contribution in [0.4, 0.5) is 0 Å². The van der Waals surface area contributed by atoms with Crippen LogP contribution in [-0.4, -0.2) is 22.1 Å². The number of rotatable bonds is 2. The van der Waals surface area contributed by atoms with Crippen molar-refractivity contribution in [3.63, 3.8) is 0 Å². The zero-order chi connectivity index (χ0) is 10.7. The van der Waals surface area contributed by atoms with Crippen LogP contribution >= 0.6 is 24.0 Å². The second-order valence-electron chi connectivity index (χ2n) is 3.82. The monoisotopic (exact) mass is 263 g/mol. The average molecular weight is 264 g/mol. The summed E-state index contributed by atoms with van der Waals surface area (Å²) in [6.45, 7) is 0. The van der Waals surface area contributed by atoms with E-state index in [1.54, 1.807) is 12.3 Å². The van der Waals surface area contributed by atoms with Crippen LogP contribution < -0.4 is 10.5 Å². The summed E-state index contributed by atoms with van der Waals surface area (Å²) >= 11 is 5.66. The predicted molar refractivity (Wildman–Crippen MR) is 65.1 cm³/mol. The molecule has 0 unspecified atom stereocenters. The fourth-order valence-electron chi connectivity index (χ4n) is 1.76. The summed E-state index contributed by atoms with van der Waals surface area (Å²) in [4.78, 5) is 7.79. The van der Waals surface area contributed by atoms with E-state index in [2.05, 4.69) is 9.97 Å². The molecule has 0 amide bonds. The lowest BCUT2D eigenvalue weighted by Crippen LogP contribution is -2.31. The Morgan fingerprint density at radius 1 is 1.31 bits per heavy atom. The van der Waals surface area contributed by atoms with Crippen LogP contribution in [0.1, 0.15) is 25.7 Å². The van der Waals surface area contributed by atoms with E-state index in [1.807, 2.05) is 0 Å². The van der Waals surface area contributed by atoms with Crippen molar-refractivity contribution >= 4 is 24.0 Å². The first-order valence-electron chi connectivity index (χ1n) is 5.15. The Kier molecular flexibility index (Phi) is 5.25. The van der Waals surface area contributed by atoms with E-state index >= 15 is 0 Å². The van der Waals surface area contributed by atoms with Gasteiger partial charge < -0.3 is 10.5 Å². The summed E-state index contributed by atoms with van der Waals surface area (Å²) in [5.41, 5.74) is 5.81. The maximum absolute atomic E-state index is 5.81. The molecule has 1 saturated carbocycles. The molecule has 0 aromatic carbocycles. The third kappa shape index (κ3) is 3.77. The van der Waals surface area contributed by atoms with Crippen molar-refractivity contribution in [3.05, 3.63) is 17.5 Å². The largest absolute Gasteiger partial charge is 0.474 e. The Hall–Kier alpha value is -0.580. The van der Waals surface area contributed by atoms with Crippen molar-refractivity contribution in [1.82, 2.24) is 9.97 Å². The highest BCUT2D eigenvalue weighted by Gasteiger charge is 2.20. The van der Waals surface area contributed by atoms with Gasteiger partial charge in [0.2, 0.25) is 11.2 Å². The quantitative estimate of drug-likeness (QED) is 0.832. The minimum Gasteiger partial charge on any atom is -0.474 e. The molecule has 4 nitrogen and oxygen atoms in total. The Balaban J connectivity index is 0.00000128. The van der Waals surface area contributed by atoms with Crippen LogP contribution in [0.5, 0.6) is 5.88 Å². The fraction of sp³-hybridized carbons (Fsp3) is 0.600. The van der Waals surface area contributed by atoms with Crippen molar-refractivity contribution < 1.29 is 4.74 Å². The highest BCUT2D eigenvalue weighted by molar-refractivity contribution is 6.28. The molecule has 1 aliphatic rings. The molecule has 0 saturated heterocycles. The molecular formula is C10H15Cl2N3O. The smallest absolute Gasteiger partial charge is 0.225 e. The van der Waals surface area contributed by atoms with Crippen molar-refractivity contribution in [2.75, 3.05) is 0 Å². The highest BCUT2D eigenvalue weighted by atomic mass is 35.5. The molecule has 0 bridgehead atoms. The van der Waals surface area contributed by atoms with Gasteiger partial charge in [0, 0.05) is 18.3 Å². The molecular weight excluding hydrogens is 249 g/mol. The SMILES string of the molecule is Cl.NC1CCC(Oc2ccnc(Cl)n2)CC1. The molecule has 1 aromatic heterocycles. The summed E-state index contributed by atoms with van der Waals surface area (Å²) < 4.78 is 5.69. The molecule has 6 heteroatoms. The minimum absolute atomic E-state index is 0. The topological polar surface area (TPSA) is 61.0 Å². The average Bonchev–Trinajstić information content (AvgIpc) is 2.22. The van der Waals surface area contributed by atoms with E-state index in [0.29, 0.717) is 11.9 Å². The molecule has 0 atom stereocenters. The number of hydrogen-bond acceptors (Lipinski definition) is 4. The summed E-state index contributed by atoms with van der Waals surface area (Å²) in [5.74, 6) is 0.551. The zero-order valence-corrected chi connectivity index (χ0v) is 10.4. The Morgan fingerprint density at radius 2 is 2.00 bits per heavy atom. The first-order valence-corrected chi connectivity index (χ1v) is 5.52. The molecule has 90 valence electrons. The first kappa shape index (κ1) is 13.5. The maximum Gasteiger partial charge on any atom is 0.225 e. The van der Waals surface area contributed by atoms with E-state index < -0.39 is 0 Å². The van der Waals surface area contributed by atoms with E-state index in [-0.39, 0.29) is 23.8 Å². The molecule has 2 N–H and O–H groups in total. The summed E-state index contributed by atoms with van der Waals surface area (Å²) in [5, 5.41) is 0.222. The summed E-state index contributed by atoms with van der Waals surface area (Å²) in [6, 6.07) is 2.05. The van der Waals surface area contributed by atoms with Gasteiger partial charge in [0.25, 0.3) is 0 Å². The third-order valence-corrected chi connectivity index (χ3v) is 2.79. The van der Waals surface area contributed by atoms with E-state index in [1.165, 1.54) is 0 Å². The van der Waals surface area contributed by atoms with Crippen molar-refractivity contribution in [2.45, 2.75) is 37.8 Å². The summed E-state index contributed by atoms with van der Waals surface area (Å²) in [7, 11) is 0. The molecule has 0 radical (unpaired) electrons. The molecule has 2 rings (SSSR count). The van der Waals surface area contributed by atoms with Crippen LogP contribution in [0.2, 0.25) is 5.28 Å². The van der Waals surface area contributed by atoms with Crippen LogP contribution in [0.3, 0.4) is 0 Å². The Labute approximate surface area is 106 Å². The minimum atomic E-state index is 0. The van der Waals surface area contributed by atoms with E-state index in [0.717, 1.165) is 25.7 Å². The lowest BCUT2D eigenvalue weighted by Gasteiger charge is -2.26. The standard InChI is InChI=1S/C10H14ClN3O.ClH/c11-10-13-6-5-9(14-10)15-8-3-1-7(12)2-4-8;/h5-8H,1-4,12H2;1H. The zero-order valence-electron chi connectivity index (χ0n) is 8.80. The van der Waals surface area contributed by atoms with Crippen molar-refractivity contribution in [2.24, 2.45) is 5.73 Å². The van der Waals surface area contributed by atoms with Gasteiger partial charge in [-0.1, -0.05) is 0 Å². The maximum atomic E-state index is 5.81. The molecule has 1 heterocycles. The number of ether oxygens (including phenoxy) is 1. The van der Waals surface area contributed by atoms with Crippen molar-refractivity contribution in [1.29, 1.82) is 0 Å². The van der Waals surface area contributed by atoms with Gasteiger partial charge in [0.05, 0.1) is 0 Å². The summed E-state index contributed by atoms with van der Waals surface area (Å²) in [6.07, 6.45) is 5.83. The Morgan fingerprint density at radius 3 is 2.62 bits per heavy atom. The number of nitrogens with two attached hydrogens (primary N) is 1. The first-order chi connectivity index (χ1) is 7.24. The number of nitrogens with zero attached hydrogens (tertiary/aromatic N) is 2. The lowest BCUT2D eigenvalue weighted by molar-refractivity contribution is 0.141. The van der Waals surface area contributed by atoms with Gasteiger partial charge in [-0.25, -0.2) is 4.98 Å². The van der Waals surface area contributed by atoms with Crippen LogP contribution in [0.15, 0.2) is 12.3 Å². The second-order valence-corrected chi connectivity index (χ2v) is 4.16. The molecule has 0 spiro atoms. The van der Waals surface area contributed by atoms with Crippen LogP contribution in [-0.2, 0) is 0 Å². The van der Waals surface area contributed by atoms with Gasteiger partial charge in [-0.05, 0) is 37.3 Å². The molecule has 1 fully saturated rings. The lowest BCUT2D eigenvalue weighted by atomic mass is 9.94. The number of aromatic nitrogens is 2. The third-order valence-electron chi connectivity index (χ3n) is 2.61.